The zero-order valence-electron chi connectivity index (χ0n) is 29.4. The molecule has 1 aliphatic carbocycles. The van der Waals surface area contributed by atoms with Gasteiger partial charge in [-0.3, -0.25) is 9.64 Å². The molecule has 2 unspecified atom stereocenters. The molecule has 2 aromatic heterocycles. The van der Waals surface area contributed by atoms with Crippen molar-refractivity contribution in [3.05, 3.63) is 41.6 Å². The minimum Gasteiger partial charge on any atom is -0.508 e. The third kappa shape index (κ3) is 7.77. The highest BCUT2D eigenvalue weighted by Crippen LogP contribution is 2.48. The number of rotatable bonds is 8. The Kier molecular flexibility index (Phi) is 10.1. The van der Waals surface area contributed by atoms with Crippen LogP contribution in [0, 0.1) is 17.0 Å². The van der Waals surface area contributed by atoms with Crippen LogP contribution in [0.1, 0.15) is 45.2 Å². The minimum absolute atomic E-state index is 0.0533. The van der Waals surface area contributed by atoms with E-state index in [1.165, 1.54) is 0 Å². The Hall–Kier alpha value is -4.29. The molecule has 0 amide bonds. The summed E-state index contributed by atoms with van der Waals surface area (Å²) in [5, 5.41) is 13.7. The Bertz CT molecular complexity index is 2040. The van der Waals surface area contributed by atoms with Crippen molar-refractivity contribution in [2.45, 2.75) is 70.8 Å². The molecule has 2 aromatic carbocycles. The van der Waals surface area contributed by atoms with Gasteiger partial charge in [-0.25, -0.2) is 13.8 Å². The molecule has 2 saturated heterocycles. The monoisotopic (exact) mass is 770 g/mol. The fourth-order valence-corrected chi connectivity index (χ4v) is 7.67. The lowest BCUT2D eigenvalue weighted by molar-refractivity contribution is -0.340. The van der Waals surface area contributed by atoms with Gasteiger partial charge in [0.25, 0.3) is 0 Å². The minimum atomic E-state index is -5.29. The Morgan fingerprint density at radius 2 is 1.74 bits per heavy atom. The molecular formula is C36H38F8N6O4. The highest BCUT2D eigenvalue weighted by molar-refractivity contribution is 6.04. The van der Waals surface area contributed by atoms with Gasteiger partial charge in [-0.05, 0) is 55.7 Å². The van der Waals surface area contributed by atoms with Crippen LogP contribution in [-0.2, 0) is 11.2 Å². The standard InChI is InChI=1S/C34H32F8N6O4.C2H6/c35-22-3-1-17-11-19(49)12-21(24(17)29(22)52-34(40,41)42)27-26(36)28-25-23(44-27)4-2-18-13-43-8-10-48(18)30(25)46-31(45-28)50-16-32(6-7-32)15-47-9-5-20(14-47)51-33(37,38)39;1-2/h1,3,11-12,18,20,43,49H,2,4-10,13-16H2;1-2H3. The van der Waals surface area contributed by atoms with Crippen LogP contribution >= 0.6 is 0 Å². The summed E-state index contributed by atoms with van der Waals surface area (Å²) < 4.78 is 125. The van der Waals surface area contributed by atoms with Crippen molar-refractivity contribution in [3.63, 3.8) is 0 Å². The molecule has 3 fully saturated rings. The number of pyridine rings is 1. The summed E-state index contributed by atoms with van der Waals surface area (Å²) in [7, 11) is 0. The molecule has 4 aliphatic rings. The predicted octanol–water partition coefficient (Wildman–Crippen LogP) is 7.25. The third-order valence-electron chi connectivity index (χ3n) is 10.2. The molecule has 18 heteroatoms. The summed E-state index contributed by atoms with van der Waals surface area (Å²) in [4.78, 5) is 17.7. The number of halogens is 8. The van der Waals surface area contributed by atoms with E-state index in [9.17, 15) is 35.8 Å². The zero-order valence-corrected chi connectivity index (χ0v) is 29.4. The van der Waals surface area contributed by atoms with Crippen LogP contribution in [0.25, 0.3) is 32.9 Å². The smallest absolute Gasteiger partial charge is 0.508 e. The Labute approximate surface area is 304 Å². The fraction of sp³-hybridized carbons (Fsp3) is 0.528. The van der Waals surface area contributed by atoms with E-state index in [1.807, 2.05) is 23.6 Å². The van der Waals surface area contributed by atoms with Crippen molar-refractivity contribution in [2.75, 3.05) is 50.8 Å². The van der Waals surface area contributed by atoms with Crippen LogP contribution < -0.4 is 19.7 Å². The van der Waals surface area contributed by atoms with E-state index in [4.69, 9.17) is 9.72 Å². The lowest BCUT2D eigenvalue weighted by atomic mass is 9.98. The maximum absolute atomic E-state index is 17.0. The Morgan fingerprint density at radius 1 is 0.963 bits per heavy atom. The molecule has 292 valence electrons. The number of hydrogen-bond donors (Lipinski definition) is 2. The second kappa shape index (κ2) is 14.4. The van der Waals surface area contributed by atoms with E-state index >= 15 is 4.39 Å². The number of aromatic hydroxyl groups is 1. The topological polar surface area (TPSA) is 105 Å². The first-order chi connectivity index (χ1) is 25.7. The molecule has 2 atom stereocenters. The van der Waals surface area contributed by atoms with Crippen LogP contribution in [0.15, 0.2) is 24.3 Å². The van der Waals surface area contributed by atoms with Gasteiger partial charge in [0.1, 0.15) is 22.8 Å². The second-order valence-electron chi connectivity index (χ2n) is 13.9. The molecule has 10 nitrogen and oxygen atoms in total. The Balaban J connectivity index is 0.00000221. The first kappa shape index (κ1) is 38.0. The van der Waals surface area contributed by atoms with Crippen LogP contribution in [0.5, 0.6) is 17.5 Å². The van der Waals surface area contributed by atoms with E-state index in [0.717, 1.165) is 37.1 Å². The first-order valence-electron chi connectivity index (χ1n) is 17.8. The number of alkyl halides is 6. The molecule has 4 aromatic rings. The number of nitrogens with zero attached hydrogens (tertiary/aromatic N) is 5. The van der Waals surface area contributed by atoms with Gasteiger partial charge in [-0.15, -0.1) is 26.3 Å². The van der Waals surface area contributed by atoms with Crippen molar-refractivity contribution >= 4 is 27.5 Å². The molecule has 54 heavy (non-hydrogen) atoms. The molecule has 0 radical (unpaired) electrons. The molecule has 3 aliphatic heterocycles. The quantitative estimate of drug-likeness (QED) is 0.178. The van der Waals surface area contributed by atoms with E-state index in [2.05, 4.69) is 24.8 Å². The van der Waals surface area contributed by atoms with E-state index < -0.39 is 53.0 Å². The number of aromatic nitrogens is 3. The number of nitrogens with one attached hydrogen (secondary N) is 1. The number of phenolic OH excluding ortho intramolecular Hbond substituents is 1. The van der Waals surface area contributed by atoms with Crippen molar-refractivity contribution in [2.24, 2.45) is 5.41 Å². The first-order valence-corrected chi connectivity index (χ1v) is 17.8. The molecule has 2 N–H and O–H groups in total. The Morgan fingerprint density at radius 3 is 2.46 bits per heavy atom. The van der Waals surface area contributed by atoms with E-state index in [1.54, 1.807) is 0 Å². The molecule has 0 bridgehead atoms. The number of fused-ring (bicyclic) bond motifs is 3. The number of ether oxygens (including phenoxy) is 3. The van der Waals surface area contributed by atoms with Crippen molar-refractivity contribution < 1.29 is 54.4 Å². The van der Waals surface area contributed by atoms with Gasteiger partial charge < -0.3 is 24.8 Å². The van der Waals surface area contributed by atoms with Crippen LogP contribution in [0.2, 0.25) is 0 Å². The summed E-state index contributed by atoms with van der Waals surface area (Å²) in [6.45, 7) is 6.84. The largest absolute Gasteiger partial charge is 0.573 e. The van der Waals surface area contributed by atoms with Gasteiger partial charge in [0.2, 0.25) is 0 Å². The van der Waals surface area contributed by atoms with Gasteiger partial charge in [0.15, 0.2) is 17.4 Å². The molecule has 8 rings (SSSR count). The molecule has 1 saturated carbocycles. The highest BCUT2D eigenvalue weighted by atomic mass is 19.4. The number of piperazine rings is 1. The van der Waals surface area contributed by atoms with Crippen LogP contribution in [0.3, 0.4) is 0 Å². The van der Waals surface area contributed by atoms with Crippen molar-refractivity contribution in [1.29, 1.82) is 0 Å². The predicted molar refractivity (Wildman–Crippen MR) is 181 cm³/mol. The maximum atomic E-state index is 17.0. The van der Waals surface area contributed by atoms with Gasteiger partial charge in [0.05, 0.1) is 23.8 Å². The molecular weight excluding hydrogens is 732 g/mol. The number of hydrogen-bond acceptors (Lipinski definition) is 10. The van der Waals surface area contributed by atoms with Gasteiger partial charge in [-0.1, -0.05) is 19.9 Å². The normalized spacial score (nSPS) is 21.0. The summed E-state index contributed by atoms with van der Waals surface area (Å²) in [6, 6.07) is 3.76. The highest BCUT2D eigenvalue weighted by Gasteiger charge is 2.47. The summed E-state index contributed by atoms with van der Waals surface area (Å²) in [6.07, 6.45) is -8.37. The zero-order chi connectivity index (χ0) is 38.6. The number of benzene rings is 2. The maximum Gasteiger partial charge on any atom is 0.573 e. The number of likely N-dealkylation sites (tertiary alicyclic amines) is 1. The summed E-state index contributed by atoms with van der Waals surface area (Å²) in [5.74, 6) is -3.66. The SMILES string of the molecule is CC.Oc1cc(-c2nc3c4c(nc(OCC5(CN6CCC(OC(F)(F)F)C6)CC5)nc4c2F)N2CCNCC2CC3)c2c(OC(F)(F)F)c(F)ccc2c1. The summed E-state index contributed by atoms with van der Waals surface area (Å²) in [5.41, 5.74) is -1.06. The average Bonchev–Trinajstić information content (AvgIpc) is 3.79. The lowest BCUT2D eigenvalue weighted by Gasteiger charge is -2.36. The number of anilines is 1. The molecule has 5 heterocycles. The fourth-order valence-electron chi connectivity index (χ4n) is 7.67. The third-order valence-corrected chi connectivity index (χ3v) is 10.2. The molecule has 0 spiro atoms. The average molecular weight is 771 g/mol. The summed E-state index contributed by atoms with van der Waals surface area (Å²) >= 11 is 0. The van der Waals surface area contributed by atoms with E-state index in [0.29, 0.717) is 62.5 Å². The van der Waals surface area contributed by atoms with Gasteiger partial charge in [-0.2, -0.15) is 9.97 Å². The van der Waals surface area contributed by atoms with Gasteiger partial charge in [0, 0.05) is 61.7 Å². The number of aryl methyl sites for hydroxylation is 1. The van der Waals surface area contributed by atoms with Crippen LogP contribution in [-0.4, -0.2) is 95.7 Å². The van der Waals surface area contributed by atoms with Crippen molar-refractivity contribution in [1.82, 2.24) is 25.2 Å². The number of phenols is 1. The lowest BCUT2D eigenvalue weighted by Crippen LogP contribution is -2.51. The van der Waals surface area contributed by atoms with Gasteiger partial charge >= 0.3 is 18.7 Å². The van der Waals surface area contributed by atoms with E-state index in [-0.39, 0.29) is 53.5 Å². The van der Waals surface area contributed by atoms with Crippen molar-refractivity contribution in [3.8, 4) is 28.8 Å². The van der Waals surface area contributed by atoms with Crippen LogP contribution in [0.4, 0.5) is 40.9 Å². The second-order valence-corrected chi connectivity index (χ2v) is 13.9.